The van der Waals surface area contributed by atoms with Gasteiger partial charge in [0.25, 0.3) is 0 Å². The number of hydrogen-bond acceptors (Lipinski definition) is 4. The summed E-state index contributed by atoms with van der Waals surface area (Å²) in [5, 5.41) is 0. The quantitative estimate of drug-likeness (QED) is 0.591. The Kier molecular flexibility index (Phi) is 5.51. The minimum absolute atomic E-state index is 0.0604. The van der Waals surface area contributed by atoms with Gasteiger partial charge < -0.3 is 14.1 Å². The standard InChI is InChI=1S/C22H21F3N2O4/c1-2-20(28)26-11-3-4-16(26)13-27-18-12-15(7-10-19(18)30-21(27)29)14-5-8-17(9-6-14)31-22(23,24)25/h5-10,12,16H,2-4,11,13H2,1H3/t16-/m0/s1. The molecule has 1 aliphatic heterocycles. The number of ether oxygens (including phenoxy) is 1. The van der Waals surface area contributed by atoms with Crippen molar-refractivity contribution in [3.63, 3.8) is 0 Å². The normalized spacial score (nSPS) is 16.8. The zero-order valence-corrected chi connectivity index (χ0v) is 16.8. The van der Waals surface area contributed by atoms with Crippen molar-refractivity contribution < 1.29 is 27.1 Å². The van der Waals surface area contributed by atoms with Crippen molar-refractivity contribution >= 4 is 17.0 Å². The molecule has 0 saturated carbocycles. The van der Waals surface area contributed by atoms with Crippen molar-refractivity contribution in [1.29, 1.82) is 0 Å². The van der Waals surface area contributed by atoms with Crippen molar-refractivity contribution in [1.82, 2.24) is 9.47 Å². The molecule has 1 aromatic heterocycles. The van der Waals surface area contributed by atoms with Crippen LogP contribution in [0.3, 0.4) is 0 Å². The van der Waals surface area contributed by atoms with Crippen LogP contribution in [0.2, 0.25) is 0 Å². The van der Waals surface area contributed by atoms with Gasteiger partial charge in [0.2, 0.25) is 5.91 Å². The maximum atomic E-state index is 12.5. The zero-order chi connectivity index (χ0) is 22.2. The summed E-state index contributed by atoms with van der Waals surface area (Å²) in [6.45, 7) is 2.83. The monoisotopic (exact) mass is 434 g/mol. The van der Waals surface area contributed by atoms with E-state index < -0.39 is 12.1 Å². The van der Waals surface area contributed by atoms with Crippen LogP contribution in [0, 0.1) is 0 Å². The van der Waals surface area contributed by atoms with E-state index >= 15 is 0 Å². The molecule has 3 aromatic rings. The van der Waals surface area contributed by atoms with Crippen LogP contribution in [-0.2, 0) is 11.3 Å². The number of rotatable bonds is 5. The molecule has 0 radical (unpaired) electrons. The molecule has 0 N–H and O–H groups in total. The number of nitrogens with zero attached hydrogens (tertiary/aromatic N) is 2. The van der Waals surface area contributed by atoms with E-state index in [1.807, 2.05) is 11.8 Å². The van der Waals surface area contributed by atoms with Gasteiger partial charge in [0.05, 0.1) is 5.52 Å². The highest BCUT2D eigenvalue weighted by atomic mass is 19.4. The number of aromatic nitrogens is 1. The summed E-state index contributed by atoms with van der Waals surface area (Å²) in [6.07, 6.45) is -2.64. The number of carbonyl (C=O) groups excluding carboxylic acids is 1. The summed E-state index contributed by atoms with van der Waals surface area (Å²) in [7, 11) is 0. The summed E-state index contributed by atoms with van der Waals surface area (Å²) in [5.74, 6) is -0.749. The number of hydrogen-bond donors (Lipinski definition) is 0. The molecule has 0 bridgehead atoms. The Labute approximate surface area is 175 Å². The second-order valence-electron chi connectivity index (χ2n) is 7.47. The lowest BCUT2D eigenvalue weighted by Gasteiger charge is -2.24. The van der Waals surface area contributed by atoms with Gasteiger partial charge in [0.1, 0.15) is 5.75 Å². The zero-order valence-electron chi connectivity index (χ0n) is 16.8. The van der Waals surface area contributed by atoms with Crippen LogP contribution >= 0.6 is 0 Å². The van der Waals surface area contributed by atoms with Crippen LogP contribution < -0.4 is 10.5 Å². The fourth-order valence-corrected chi connectivity index (χ4v) is 4.03. The minimum Gasteiger partial charge on any atom is -0.408 e. The molecule has 164 valence electrons. The van der Waals surface area contributed by atoms with E-state index in [9.17, 15) is 22.8 Å². The third-order valence-corrected chi connectivity index (χ3v) is 5.48. The average molecular weight is 434 g/mol. The first-order valence-electron chi connectivity index (χ1n) is 10.0. The van der Waals surface area contributed by atoms with Gasteiger partial charge in [-0.25, -0.2) is 4.79 Å². The maximum absolute atomic E-state index is 12.5. The Balaban J connectivity index is 1.63. The molecular formula is C22H21F3N2O4. The third kappa shape index (κ3) is 4.45. The van der Waals surface area contributed by atoms with E-state index in [-0.39, 0.29) is 17.7 Å². The number of likely N-dealkylation sites (tertiary alicyclic amines) is 1. The fourth-order valence-electron chi connectivity index (χ4n) is 4.03. The first-order chi connectivity index (χ1) is 14.7. The maximum Gasteiger partial charge on any atom is 0.573 e. The van der Waals surface area contributed by atoms with Gasteiger partial charge in [0, 0.05) is 25.6 Å². The van der Waals surface area contributed by atoms with Crippen LogP contribution in [0.15, 0.2) is 51.7 Å². The van der Waals surface area contributed by atoms with Gasteiger partial charge in [-0.1, -0.05) is 25.1 Å². The van der Waals surface area contributed by atoms with Gasteiger partial charge in [-0.05, 0) is 48.2 Å². The summed E-state index contributed by atoms with van der Waals surface area (Å²) in [6, 6.07) is 10.6. The van der Waals surface area contributed by atoms with E-state index in [2.05, 4.69) is 4.74 Å². The van der Waals surface area contributed by atoms with Crippen molar-refractivity contribution in [2.45, 2.75) is 45.1 Å². The summed E-state index contributed by atoms with van der Waals surface area (Å²) < 4.78 is 47.9. The first-order valence-corrected chi connectivity index (χ1v) is 10.0. The first kappa shape index (κ1) is 21.0. The molecule has 2 aromatic carbocycles. The van der Waals surface area contributed by atoms with E-state index in [0.29, 0.717) is 41.7 Å². The van der Waals surface area contributed by atoms with Gasteiger partial charge >= 0.3 is 12.1 Å². The van der Waals surface area contributed by atoms with Crippen LogP contribution in [0.1, 0.15) is 26.2 Å². The van der Waals surface area contributed by atoms with E-state index in [1.54, 1.807) is 18.2 Å². The molecule has 1 fully saturated rings. The minimum atomic E-state index is -4.75. The highest BCUT2D eigenvalue weighted by Gasteiger charge is 2.31. The number of benzene rings is 2. The predicted molar refractivity (Wildman–Crippen MR) is 108 cm³/mol. The Morgan fingerprint density at radius 1 is 1.16 bits per heavy atom. The van der Waals surface area contributed by atoms with Crippen LogP contribution in [0.25, 0.3) is 22.2 Å². The molecule has 0 unspecified atom stereocenters. The Morgan fingerprint density at radius 3 is 2.55 bits per heavy atom. The van der Waals surface area contributed by atoms with Crippen molar-refractivity contribution in [3.8, 4) is 16.9 Å². The second kappa shape index (κ2) is 8.13. The highest BCUT2D eigenvalue weighted by molar-refractivity contribution is 5.81. The molecule has 0 spiro atoms. The molecular weight excluding hydrogens is 413 g/mol. The van der Waals surface area contributed by atoms with Gasteiger partial charge in [-0.15, -0.1) is 13.2 Å². The number of carbonyl (C=O) groups is 1. The van der Waals surface area contributed by atoms with E-state index in [1.165, 1.54) is 28.8 Å². The number of oxazole rings is 1. The number of amides is 1. The summed E-state index contributed by atoms with van der Waals surface area (Å²) >= 11 is 0. The average Bonchev–Trinajstić information content (AvgIpc) is 3.31. The van der Waals surface area contributed by atoms with E-state index in [0.717, 1.165) is 12.8 Å². The van der Waals surface area contributed by atoms with Crippen LogP contribution in [0.5, 0.6) is 5.75 Å². The molecule has 1 amide bonds. The molecule has 6 nitrogen and oxygen atoms in total. The lowest BCUT2D eigenvalue weighted by Crippen LogP contribution is -2.39. The molecule has 9 heteroatoms. The van der Waals surface area contributed by atoms with Crippen molar-refractivity contribution in [3.05, 3.63) is 53.0 Å². The fraction of sp³-hybridized carbons (Fsp3) is 0.364. The smallest absolute Gasteiger partial charge is 0.408 e. The Bertz CT molecular complexity index is 1150. The number of halogens is 3. The number of alkyl halides is 3. The van der Waals surface area contributed by atoms with Gasteiger partial charge in [0.15, 0.2) is 5.58 Å². The topological polar surface area (TPSA) is 64.7 Å². The SMILES string of the molecule is CCC(=O)N1CCC[C@H]1Cn1c(=O)oc2ccc(-c3ccc(OC(F)(F)F)cc3)cc21. The molecule has 1 aliphatic rings. The number of fused-ring (bicyclic) bond motifs is 1. The predicted octanol–water partition coefficient (Wildman–Crippen LogP) is 4.56. The Morgan fingerprint density at radius 2 is 1.87 bits per heavy atom. The molecule has 31 heavy (non-hydrogen) atoms. The third-order valence-electron chi connectivity index (χ3n) is 5.48. The van der Waals surface area contributed by atoms with Crippen molar-refractivity contribution in [2.24, 2.45) is 0 Å². The molecule has 4 rings (SSSR count). The summed E-state index contributed by atoms with van der Waals surface area (Å²) in [4.78, 5) is 26.5. The van der Waals surface area contributed by atoms with E-state index in [4.69, 9.17) is 4.42 Å². The molecule has 0 aliphatic carbocycles. The lowest BCUT2D eigenvalue weighted by atomic mass is 10.1. The lowest BCUT2D eigenvalue weighted by molar-refractivity contribution is -0.274. The molecule has 1 saturated heterocycles. The second-order valence-corrected chi connectivity index (χ2v) is 7.47. The highest BCUT2D eigenvalue weighted by Crippen LogP contribution is 2.29. The Hall–Kier alpha value is -3.23. The van der Waals surface area contributed by atoms with Gasteiger partial charge in [-0.3, -0.25) is 9.36 Å². The molecule has 2 heterocycles. The van der Waals surface area contributed by atoms with Crippen molar-refractivity contribution in [2.75, 3.05) is 6.54 Å². The molecule has 1 atom stereocenters. The largest absolute Gasteiger partial charge is 0.573 e. The summed E-state index contributed by atoms with van der Waals surface area (Å²) in [5.41, 5.74) is 2.37. The van der Waals surface area contributed by atoms with Crippen LogP contribution in [0.4, 0.5) is 13.2 Å². The van der Waals surface area contributed by atoms with Gasteiger partial charge in [-0.2, -0.15) is 0 Å². The van der Waals surface area contributed by atoms with Crippen LogP contribution in [-0.4, -0.2) is 34.3 Å².